The van der Waals surface area contributed by atoms with Crippen LogP contribution in [0.1, 0.15) is 5.56 Å². The standard InChI is InChI=1S/C12H14N4O/c1-8-10(15-7-16-12(8)13-2)11-9(17-3)5-4-6-14-11/h4-7H,1-3H3,(H,13,15,16). The number of aromatic nitrogens is 3. The molecule has 0 atom stereocenters. The quantitative estimate of drug-likeness (QED) is 0.872. The van der Waals surface area contributed by atoms with E-state index >= 15 is 0 Å². The van der Waals surface area contributed by atoms with Crippen LogP contribution in [0.2, 0.25) is 0 Å². The fraction of sp³-hybridized carbons (Fsp3) is 0.250. The lowest BCUT2D eigenvalue weighted by Crippen LogP contribution is -2.01. The third kappa shape index (κ3) is 2.04. The maximum Gasteiger partial charge on any atom is 0.146 e. The van der Waals surface area contributed by atoms with Crippen LogP contribution in [0.25, 0.3) is 11.4 Å². The molecule has 17 heavy (non-hydrogen) atoms. The monoisotopic (exact) mass is 230 g/mol. The van der Waals surface area contributed by atoms with Gasteiger partial charge in [-0.05, 0) is 19.1 Å². The molecule has 0 unspecified atom stereocenters. The Morgan fingerprint density at radius 2 is 2.00 bits per heavy atom. The summed E-state index contributed by atoms with van der Waals surface area (Å²) >= 11 is 0. The van der Waals surface area contributed by atoms with E-state index in [0.29, 0.717) is 5.75 Å². The van der Waals surface area contributed by atoms with E-state index in [1.165, 1.54) is 6.33 Å². The highest BCUT2D eigenvalue weighted by Crippen LogP contribution is 2.29. The Balaban J connectivity index is 2.60. The normalized spacial score (nSPS) is 10.1. The van der Waals surface area contributed by atoms with E-state index in [0.717, 1.165) is 22.8 Å². The first kappa shape index (κ1) is 11.3. The first-order valence-corrected chi connectivity index (χ1v) is 5.26. The van der Waals surface area contributed by atoms with Crippen molar-refractivity contribution in [2.75, 3.05) is 19.5 Å². The molecule has 0 spiro atoms. The van der Waals surface area contributed by atoms with Gasteiger partial charge in [-0.15, -0.1) is 0 Å². The SMILES string of the molecule is CNc1ncnc(-c2ncccc2OC)c1C. The van der Waals surface area contributed by atoms with Crippen molar-refractivity contribution in [3.63, 3.8) is 0 Å². The van der Waals surface area contributed by atoms with Crippen LogP contribution in [0.4, 0.5) is 5.82 Å². The summed E-state index contributed by atoms with van der Waals surface area (Å²) in [6.45, 7) is 1.95. The van der Waals surface area contributed by atoms with Crippen molar-refractivity contribution >= 4 is 5.82 Å². The zero-order valence-corrected chi connectivity index (χ0v) is 10.1. The summed E-state index contributed by atoms with van der Waals surface area (Å²) in [5.41, 5.74) is 2.46. The fourth-order valence-corrected chi connectivity index (χ4v) is 1.67. The van der Waals surface area contributed by atoms with Crippen molar-refractivity contribution in [1.29, 1.82) is 0 Å². The summed E-state index contributed by atoms with van der Waals surface area (Å²) in [6, 6.07) is 3.70. The second-order valence-electron chi connectivity index (χ2n) is 3.50. The van der Waals surface area contributed by atoms with Gasteiger partial charge in [0, 0.05) is 18.8 Å². The largest absolute Gasteiger partial charge is 0.494 e. The van der Waals surface area contributed by atoms with Gasteiger partial charge in [-0.2, -0.15) is 0 Å². The highest BCUT2D eigenvalue weighted by Gasteiger charge is 2.13. The molecule has 0 bridgehead atoms. The van der Waals surface area contributed by atoms with E-state index in [2.05, 4.69) is 20.3 Å². The Morgan fingerprint density at radius 3 is 2.71 bits per heavy atom. The molecule has 0 saturated carbocycles. The molecule has 5 heteroatoms. The van der Waals surface area contributed by atoms with Gasteiger partial charge in [0.05, 0.1) is 7.11 Å². The highest BCUT2D eigenvalue weighted by atomic mass is 16.5. The van der Waals surface area contributed by atoms with Gasteiger partial charge in [-0.3, -0.25) is 4.98 Å². The minimum atomic E-state index is 0.705. The summed E-state index contributed by atoms with van der Waals surface area (Å²) in [4.78, 5) is 12.7. The van der Waals surface area contributed by atoms with Gasteiger partial charge in [0.1, 0.15) is 29.3 Å². The average Bonchev–Trinajstić information content (AvgIpc) is 2.39. The van der Waals surface area contributed by atoms with Gasteiger partial charge >= 0.3 is 0 Å². The van der Waals surface area contributed by atoms with Gasteiger partial charge in [0.25, 0.3) is 0 Å². The molecule has 88 valence electrons. The van der Waals surface area contributed by atoms with Crippen molar-refractivity contribution in [1.82, 2.24) is 15.0 Å². The number of methoxy groups -OCH3 is 1. The zero-order valence-electron chi connectivity index (χ0n) is 10.1. The van der Waals surface area contributed by atoms with Crippen molar-refractivity contribution in [2.45, 2.75) is 6.92 Å². The first-order valence-electron chi connectivity index (χ1n) is 5.26. The molecule has 2 aromatic rings. The van der Waals surface area contributed by atoms with Crippen molar-refractivity contribution in [3.8, 4) is 17.1 Å². The molecule has 0 amide bonds. The van der Waals surface area contributed by atoms with Gasteiger partial charge in [0.15, 0.2) is 0 Å². The van der Waals surface area contributed by atoms with Crippen molar-refractivity contribution < 1.29 is 4.74 Å². The second-order valence-corrected chi connectivity index (χ2v) is 3.50. The van der Waals surface area contributed by atoms with Crippen LogP contribution in [0, 0.1) is 6.92 Å². The fourth-order valence-electron chi connectivity index (χ4n) is 1.67. The van der Waals surface area contributed by atoms with Crippen LogP contribution in [0.5, 0.6) is 5.75 Å². The Labute approximate surface area is 99.9 Å². The third-order valence-corrected chi connectivity index (χ3v) is 2.54. The van der Waals surface area contributed by atoms with E-state index < -0.39 is 0 Å². The van der Waals surface area contributed by atoms with Crippen molar-refractivity contribution in [3.05, 3.63) is 30.2 Å². The maximum absolute atomic E-state index is 5.28. The Morgan fingerprint density at radius 1 is 1.18 bits per heavy atom. The number of nitrogens with zero attached hydrogens (tertiary/aromatic N) is 3. The topological polar surface area (TPSA) is 59.9 Å². The summed E-state index contributed by atoms with van der Waals surface area (Å²) in [6.07, 6.45) is 3.24. The van der Waals surface area contributed by atoms with E-state index in [4.69, 9.17) is 4.74 Å². The molecule has 0 radical (unpaired) electrons. The molecule has 0 aromatic carbocycles. The van der Waals surface area contributed by atoms with E-state index in [1.807, 2.05) is 26.1 Å². The summed E-state index contributed by atoms with van der Waals surface area (Å²) < 4.78 is 5.28. The lowest BCUT2D eigenvalue weighted by atomic mass is 10.1. The molecule has 5 nitrogen and oxygen atoms in total. The highest BCUT2D eigenvalue weighted by molar-refractivity contribution is 5.69. The van der Waals surface area contributed by atoms with Crippen LogP contribution in [-0.2, 0) is 0 Å². The maximum atomic E-state index is 5.28. The van der Waals surface area contributed by atoms with E-state index in [9.17, 15) is 0 Å². The van der Waals surface area contributed by atoms with Gasteiger partial charge in [-0.1, -0.05) is 0 Å². The lowest BCUT2D eigenvalue weighted by Gasteiger charge is -2.10. The van der Waals surface area contributed by atoms with Crippen LogP contribution >= 0.6 is 0 Å². The van der Waals surface area contributed by atoms with Crippen molar-refractivity contribution in [2.24, 2.45) is 0 Å². The van der Waals surface area contributed by atoms with E-state index in [-0.39, 0.29) is 0 Å². The summed E-state index contributed by atoms with van der Waals surface area (Å²) in [7, 11) is 3.45. The van der Waals surface area contributed by atoms with Crippen LogP contribution in [0.15, 0.2) is 24.7 Å². The number of nitrogens with one attached hydrogen (secondary N) is 1. The van der Waals surface area contributed by atoms with Gasteiger partial charge in [0.2, 0.25) is 0 Å². The number of ether oxygens (including phenoxy) is 1. The van der Waals surface area contributed by atoms with Crippen LogP contribution < -0.4 is 10.1 Å². The molecule has 0 saturated heterocycles. The molecule has 0 aliphatic heterocycles. The van der Waals surface area contributed by atoms with Crippen LogP contribution in [0.3, 0.4) is 0 Å². The minimum Gasteiger partial charge on any atom is -0.494 e. The molecule has 0 aliphatic carbocycles. The lowest BCUT2D eigenvalue weighted by molar-refractivity contribution is 0.414. The third-order valence-electron chi connectivity index (χ3n) is 2.54. The Kier molecular flexibility index (Phi) is 3.18. The molecule has 0 aliphatic rings. The number of hydrogen-bond donors (Lipinski definition) is 1. The summed E-state index contributed by atoms with van der Waals surface area (Å²) in [5, 5.41) is 3.02. The van der Waals surface area contributed by atoms with Crippen LogP contribution in [-0.4, -0.2) is 29.1 Å². The Hall–Kier alpha value is -2.17. The average molecular weight is 230 g/mol. The smallest absolute Gasteiger partial charge is 0.146 e. The predicted octanol–water partition coefficient (Wildman–Crippen LogP) is 1.90. The molecule has 1 N–H and O–H groups in total. The number of rotatable bonds is 3. The second kappa shape index (κ2) is 4.78. The predicted molar refractivity (Wildman–Crippen MR) is 66.1 cm³/mol. The number of pyridine rings is 1. The number of anilines is 1. The first-order chi connectivity index (χ1) is 8.27. The zero-order chi connectivity index (χ0) is 12.3. The minimum absolute atomic E-state index is 0.705. The molecule has 2 heterocycles. The Bertz CT molecular complexity index is 528. The molecule has 0 fully saturated rings. The molecular weight excluding hydrogens is 216 g/mol. The van der Waals surface area contributed by atoms with E-state index in [1.54, 1.807) is 13.3 Å². The molecule has 2 aromatic heterocycles. The van der Waals surface area contributed by atoms with Gasteiger partial charge in [-0.25, -0.2) is 9.97 Å². The summed E-state index contributed by atoms with van der Waals surface area (Å²) in [5.74, 6) is 1.50. The van der Waals surface area contributed by atoms with Gasteiger partial charge < -0.3 is 10.1 Å². The molecule has 2 rings (SSSR count). The molecular formula is C12H14N4O. The number of hydrogen-bond acceptors (Lipinski definition) is 5.